The molecule has 2 heterocycles. The summed E-state index contributed by atoms with van der Waals surface area (Å²) in [4.78, 5) is 4.21. The number of rotatable bonds is 4. The molecule has 98 valence electrons. The van der Waals surface area contributed by atoms with Gasteiger partial charge in [0.2, 0.25) is 0 Å². The molecular formula is C14H16N4O. The molecule has 2 aromatic heterocycles. The molecule has 0 aliphatic heterocycles. The van der Waals surface area contributed by atoms with E-state index in [9.17, 15) is 0 Å². The molecule has 5 heteroatoms. The summed E-state index contributed by atoms with van der Waals surface area (Å²) in [5.41, 5.74) is 2.11. The van der Waals surface area contributed by atoms with Crippen LogP contribution in [0.15, 0.2) is 35.0 Å². The average Bonchev–Trinajstić information content (AvgIpc) is 3.04. The Morgan fingerprint density at radius 2 is 2.26 bits per heavy atom. The number of aryl methyl sites for hydroxylation is 1. The summed E-state index contributed by atoms with van der Waals surface area (Å²) in [6, 6.07) is 8.12. The molecule has 5 nitrogen and oxygen atoms in total. The Morgan fingerprint density at radius 1 is 1.37 bits per heavy atom. The molecule has 0 spiro atoms. The highest BCUT2D eigenvalue weighted by molar-refractivity contribution is 5.78. The highest BCUT2D eigenvalue weighted by Crippen LogP contribution is 2.27. The first-order chi connectivity index (χ1) is 9.28. The lowest BCUT2D eigenvalue weighted by atomic mass is 10.1. The predicted molar refractivity (Wildman–Crippen MR) is 72.9 cm³/mol. The van der Waals surface area contributed by atoms with Gasteiger partial charge >= 0.3 is 0 Å². The van der Waals surface area contributed by atoms with Crippen LogP contribution < -0.4 is 5.32 Å². The summed E-state index contributed by atoms with van der Waals surface area (Å²) < 4.78 is 5.91. The average molecular weight is 256 g/mol. The summed E-state index contributed by atoms with van der Waals surface area (Å²) in [5.74, 6) is 1.61. The normalized spacial score (nSPS) is 12.9. The minimum Gasteiger partial charge on any atom is -0.459 e. The van der Waals surface area contributed by atoms with Gasteiger partial charge in [-0.25, -0.2) is 4.98 Å². The summed E-state index contributed by atoms with van der Waals surface area (Å²) in [6.45, 7) is 4.95. The van der Waals surface area contributed by atoms with E-state index in [1.165, 1.54) is 11.9 Å². The smallest absolute Gasteiger partial charge is 0.149 e. The summed E-state index contributed by atoms with van der Waals surface area (Å²) >= 11 is 0. The summed E-state index contributed by atoms with van der Waals surface area (Å²) in [7, 11) is 0. The third kappa shape index (κ3) is 2.24. The fraction of sp³-hybridized carbons (Fsp3) is 0.286. The maximum absolute atomic E-state index is 5.91. The second-order valence-electron chi connectivity index (χ2n) is 4.55. The number of benzene rings is 1. The number of aromatic nitrogens is 3. The molecule has 1 unspecified atom stereocenters. The SMILES string of the molecule is CCNC(c1ncn[nH]1)c1cc2cc(C)ccc2o1. The van der Waals surface area contributed by atoms with Crippen LogP contribution in [0.2, 0.25) is 0 Å². The number of hydrogen-bond donors (Lipinski definition) is 2. The van der Waals surface area contributed by atoms with Gasteiger partial charge in [-0.2, -0.15) is 5.10 Å². The number of furan rings is 1. The Kier molecular flexibility index (Phi) is 3.05. The van der Waals surface area contributed by atoms with Crippen LogP contribution in [0.3, 0.4) is 0 Å². The fourth-order valence-corrected chi connectivity index (χ4v) is 2.22. The van der Waals surface area contributed by atoms with Crippen LogP contribution in [0.25, 0.3) is 11.0 Å². The van der Waals surface area contributed by atoms with Crippen molar-refractivity contribution in [2.45, 2.75) is 19.9 Å². The van der Waals surface area contributed by atoms with E-state index in [-0.39, 0.29) is 6.04 Å². The lowest BCUT2D eigenvalue weighted by Gasteiger charge is -2.11. The van der Waals surface area contributed by atoms with Gasteiger partial charge in [0.1, 0.15) is 29.5 Å². The number of aromatic amines is 1. The van der Waals surface area contributed by atoms with Gasteiger partial charge in [-0.1, -0.05) is 18.6 Å². The minimum atomic E-state index is -0.0970. The number of fused-ring (bicyclic) bond motifs is 1. The zero-order chi connectivity index (χ0) is 13.2. The molecule has 2 N–H and O–H groups in total. The zero-order valence-corrected chi connectivity index (χ0v) is 11.0. The van der Waals surface area contributed by atoms with Crippen molar-refractivity contribution in [3.8, 4) is 0 Å². The maximum atomic E-state index is 5.91. The number of H-pyrrole nitrogens is 1. The molecular weight excluding hydrogens is 240 g/mol. The lowest BCUT2D eigenvalue weighted by molar-refractivity contribution is 0.465. The third-order valence-corrected chi connectivity index (χ3v) is 3.09. The van der Waals surface area contributed by atoms with Crippen LogP contribution in [0.5, 0.6) is 0 Å². The van der Waals surface area contributed by atoms with Gasteiger partial charge < -0.3 is 9.73 Å². The largest absolute Gasteiger partial charge is 0.459 e. The summed E-state index contributed by atoms with van der Waals surface area (Å²) in [6.07, 6.45) is 1.51. The molecule has 0 fully saturated rings. The molecule has 1 atom stereocenters. The molecule has 3 rings (SSSR count). The van der Waals surface area contributed by atoms with Gasteiger partial charge in [0.25, 0.3) is 0 Å². The van der Waals surface area contributed by atoms with Crippen molar-refractivity contribution in [1.29, 1.82) is 0 Å². The molecule has 0 bridgehead atoms. The molecule has 0 saturated heterocycles. The van der Waals surface area contributed by atoms with E-state index in [1.54, 1.807) is 0 Å². The van der Waals surface area contributed by atoms with Gasteiger partial charge in [0, 0.05) is 5.39 Å². The van der Waals surface area contributed by atoms with E-state index in [0.717, 1.165) is 29.1 Å². The maximum Gasteiger partial charge on any atom is 0.149 e. The Labute approximate surface area is 111 Å². The van der Waals surface area contributed by atoms with Crippen molar-refractivity contribution in [3.05, 3.63) is 47.7 Å². The van der Waals surface area contributed by atoms with Gasteiger partial charge in [0.15, 0.2) is 0 Å². The van der Waals surface area contributed by atoms with Crippen LogP contribution in [-0.2, 0) is 0 Å². The van der Waals surface area contributed by atoms with Crippen molar-refractivity contribution in [1.82, 2.24) is 20.5 Å². The molecule has 0 aliphatic rings. The van der Waals surface area contributed by atoms with E-state index in [0.29, 0.717) is 0 Å². The zero-order valence-electron chi connectivity index (χ0n) is 11.0. The molecule has 1 aromatic carbocycles. The first-order valence-electron chi connectivity index (χ1n) is 6.36. The van der Waals surface area contributed by atoms with Crippen molar-refractivity contribution >= 4 is 11.0 Å². The van der Waals surface area contributed by atoms with Crippen LogP contribution in [0, 0.1) is 6.92 Å². The van der Waals surface area contributed by atoms with E-state index in [4.69, 9.17) is 4.42 Å². The minimum absolute atomic E-state index is 0.0970. The molecule has 19 heavy (non-hydrogen) atoms. The first kappa shape index (κ1) is 11.9. The van der Waals surface area contributed by atoms with Gasteiger partial charge in [-0.3, -0.25) is 5.10 Å². The first-order valence-corrected chi connectivity index (χ1v) is 6.36. The fourth-order valence-electron chi connectivity index (χ4n) is 2.22. The lowest BCUT2D eigenvalue weighted by Crippen LogP contribution is -2.22. The van der Waals surface area contributed by atoms with E-state index >= 15 is 0 Å². The number of nitrogens with one attached hydrogen (secondary N) is 2. The van der Waals surface area contributed by atoms with Gasteiger partial charge in [-0.05, 0) is 31.7 Å². The van der Waals surface area contributed by atoms with E-state index < -0.39 is 0 Å². The Bertz CT molecular complexity index is 672. The van der Waals surface area contributed by atoms with Gasteiger partial charge in [0.05, 0.1) is 0 Å². The monoisotopic (exact) mass is 256 g/mol. The van der Waals surface area contributed by atoms with Crippen LogP contribution >= 0.6 is 0 Å². The molecule has 0 amide bonds. The van der Waals surface area contributed by atoms with Crippen LogP contribution in [0.4, 0.5) is 0 Å². The van der Waals surface area contributed by atoms with Crippen LogP contribution in [0.1, 0.15) is 30.1 Å². The quantitative estimate of drug-likeness (QED) is 0.753. The highest BCUT2D eigenvalue weighted by atomic mass is 16.3. The summed E-state index contributed by atoms with van der Waals surface area (Å²) in [5, 5.41) is 11.3. The number of hydrogen-bond acceptors (Lipinski definition) is 4. The second kappa shape index (κ2) is 4.85. The van der Waals surface area contributed by atoms with Gasteiger partial charge in [-0.15, -0.1) is 0 Å². The Balaban J connectivity index is 2.05. The molecule has 0 radical (unpaired) electrons. The van der Waals surface area contributed by atoms with E-state index in [2.05, 4.69) is 46.5 Å². The number of nitrogens with zero attached hydrogens (tertiary/aromatic N) is 2. The van der Waals surface area contributed by atoms with Crippen LogP contribution in [-0.4, -0.2) is 21.7 Å². The highest BCUT2D eigenvalue weighted by Gasteiger charge is 2.20. The van der Waals surface area contributed by atoms with Crippen molar-refractivity contribution in [2.75, 3.05) is 6.54 Å². The van der Waals surface area contributed by atoms with Crippen molar-refractivity contribution in [3.63, 3.8) is 0 Å². The Hall–Kier alpha value is -2.14. The molecule has 0 saturated carbocycles. The van der Waals surface area contributed by atoms with Crippen molar-refractivity contribution in [2.24, 2.45) is 0 Å². The Morgan fingerprint density at radius 3 is 3.00 bits per heavy atom. The second-order valence-corrected chi connectivity index (χ2v) is 4.55. The standard InChI is InChI=1S/C14H16N4O/c1-3-15-13(14-16-8-17-18-14)12-7-10-6-9(2)4-5-11(10)19-12/h4-8,13,15H,3H2,1-2H3,(H,16,17,18). The molecule has 0 aliphatic carbocycles. The van der Waals surface area contributed by atoms with E-state index in [1.807, 2.05) is 12.1 Å². The van der Waals surface area contributed by atoms with Crippen molar-refractivity contribution < 1.29 is 4.42 Å². The third-order valence-electron chi connectivity index (χ3n) is 3.09. The predicted octanol–water partition coefficient (Wildman–Crippen LogP) is 2.56. The molecule has 3 aromatic rings. The topological polar surface area (TPSA) is 66.7 Å².